The molecule has 0 aromatic rings. The Kier molecular flexibility index (Phi) is 13.1. The summed E-state index contributed by atoms with van der Waals surface area (Å²) in [6, 6.07) is 0. The first-order chi connectivity index (χ1) is 9.49. The van der Waals surface area contributed by atoms with Gasteiger partial charge < -0.3 is 4.52 Å². The highest BCUT2D eigenvalue weighted by atomic mass is 32.9. The molecule has 0 radical (unpaired) electrons. The molecule has 0 aromatic carbocycles. The molecule has 0 aliphatic carbocycles. The molecule has 0 bridgehead atoms. The third-order valence-corrected chi connectivity index (χ3v) is 7.22. The summed E-state index contributed by atoms with van der Waals surface area (Å²) in [5.41, 5.74) is -1.88. The van der Waals surface area contributed by atoms with Gasteiger partial charge in [0.05, 0.1) is 6.61 Å². The summed E-state index contributed by atoms with van der Waals surface area (Å²) in [5, 5.41) is 0. The molecule has 0 heterocycles. The van der Waals surface area contributed by atoms with E-state index in [1.54, 1.807) is 0 Å². The van der Waals surface area contributed by atoms with Gasteiger partial charge in [0, 0.05) is 6.16 Å². The van der Waals surface area contributed by atoms with Gasteiger partial charge in [-0.15, -0.1) is 12.2 Å². The Morgan fingerprint density at radius 3 is 1.90 bits per heavy atom. The molecule has 0 spiro atoms. The minimum Gasteiger partial charge on any atom is -0.341 e. The van der Waals surface area contributed by atoms with Gasteiger partial charge in [0.15, 0.2) is 0 Å². The molecule has 0 aromatic heterocycles. The van der Waals surface area contributed by atoms with E-state index in [-0.39, 0.29) is 0 Å². The highest BCUT2D eigenvalue weighted by molar-refractivity contribution is 8.61. The van der Waals surface area contributed by atoms with Gasteiger partial charge >= 0.3 is 0 Å². The summed E-state index contributed by atoms with van der Waals surface area (Å²) in [4.78, 5) is 0. The molecule has 122 valence electrons. The molecular formula is C16H35OPS2. The van der Waals surface area contributed by atoms with Gasteiger partial charge in [-0.25, -0.2) is 0 Å². The lowest BCUT2D eigenvalue weighted by Gasteiger charge is -2.24. The maximum atomic E-state index is 6.08. The minimum absolute atomic E-state index is 0.667. The highest BCUT2D eigenvalue weighted by Gasteiger charge is 2.20. The molecule has 0 amide bonds. The van der Waals surface area contributed by atoms with Crippen LogP contribution in [0.5, 0.6) is 0 Å². The molecule has 0 aliphatic heterocycles. The van der Waals surface area contributed by atoms with Gasteiger partial charge in [0.1, 0.15) is 5.47 Å². The summed E-state index contributed by atoms with van der Waals surface area (Å²) >= 11 is 10.4. The fourth-order valence-corrected chi connectivity index (χ4v) is 5.77. The van der Waals surface area contributed by atoms with Gasteiger partial charge in [-0.05, 0) is 24.7 Å². The molecule has 0 rings (SSSR count). The standard InChI is InChI=1S/C16H35OPS2/c1-5-9-11-15(7-3)13-17-18(19,20)14-16(8-4)12-10-6-2/h15-16H,5-14H2,1-4H3,(H,19,20). The average molecular weight is 339 g/mol. The van der Waals surface area contributed by atoms with Crippen molar-refractivity contribution in [1.29, 1.82) is 0 Å². The Bertz CT molecular complexity index is 271. The topological polar surface area (TPSA) is 9.23 Å². The molecule has 0 saturated heterocycles. The molecular weight excluding hydrogens is 303 g/mol. The van der Waals surface area contributed by atoms with E-state index in [0.29, 0.717) is 11.8 Å². The zero-order chi connectivity index (χ0) is 15.4. The normalized spacial score (nSPS) is 17.6. The lowest BCUT2D eigenvalue weighted by Crippen LogP contribution is -2.10. The number of hydrogen-bond acceptors (Lipinski definition) is 2. The number of rotatable bonds is 13. The van der Waals surface area contributed by atoms with Crippen molar-refractivity contribution >= 4 is 29.5 Å². The second kappa shape index (κ2) is 12.5. The van der Waals surface area contributed by atoms with Crippen molar-refractivity contribution in [2.24, 2.45) is 11.8 Å². The van der Waals surface area contributed by atoms with Crippen molar-refractivity contribution in [3.8, 4) is 0 Å². The van der Waals surface area contributed by atoms with E-state index in [0.717, 1.165) is 12.8 Å². The molecule has 1 nitrogen and oxygen atoms in total. The van der Waals surface area contributed by atoms with E-state index in [1.165, 1.54) is 51.4 Å². The summed E-state index contributed by atoms with van der Waals surface area (Å²) in [5.74, 6) is 1.37. The Morgan fingerprint density at radius 2 is 1.45 bits per heavy atom. The van der Waals surface area contributed by atoms with E-state index < -0.39 is 5.47 Å². The van der Waals surface area contributed by atoms with E-state index in [1.807, 2.05) is 0 Å². The van der Waals surface area contributed by atoms with Crippen LogP contribution in [0, 0.1) is 11.8 Å². The Hall–Kier alpha value is 0.960. The largest absolute Gasteiger partial charge is 0.341 e. The number of unbranched alkanes of at least 4 members (excludes halogenated alkanes) is 2. The van der Waals surface area contributed by atoms with E-state index in [9.17, 15) is 0 Å². The molecule has 3 atom stereocenters. The summed E-state index contributed by atoms with van der Waals surface area (Å²) in [6.45, 7) is 9.83. The number of hydrogen-bond donors (Lipinski definition) is 1. The molecule has 3 unspecified atom stereocenters. The fraction of sp³-hybridized carbons (Fsp3) is 1.00. The second-order valence-electron chi connectivity index (χ2n) is 5.95. The third-order valence-electron chi connectivity index (χ3n) is 4.09. The highest BCUT2D eigenvalue weighted by Crippen LogP contribution is 2.55. The average Bonchev–Trinajstić information content (AvgIpc) is 2.43. The second-order valence-corrected chi connectivity index (χ2v) is 12.4. The lowest BCUT2D eigenvalue weighted by atomic mass is 10.0. The quantitative estimate of drug-likeness (QED) is 0.296. The third kappa shape index (κ3) is 10.7. The van der Waals surface area contributed by atoms with Gasteiger partial charge in [0.25, 0.3) is 0 Å². The van der Waals surface area contributed by atoms with Crippen LogP contribution in [0.15, 0.2) is 0 Å². The van der Waals surface area contributed by atoms with Gasteiger partial charge in [-0.2, -0.15) is 0 Å². The van der Waals surface area contributed by atoms with Crippen molar-refractivity contribution in [1.82, 2.24) is 0 Å². The molecule has 0 aliphatic rings. The van der Waals surface area contributed by atoms with Crippen molar-refractivity contribution < 1.29 is 4.52 Å². The van der Waals surface area contributed by atoms with Crippen LogP contribution in [0.25, 0.3) is 0 Å². The van der Waals surface area contributed by atoms with Crippen molar-refractivity contribution in [3.05, 3.63) is 0 Å². The SMILES string of the molecule is CCCCC(CC)COP(=S)(S)CC(CC)CCCC. The minimum atomic E-state index is -1.88. The van der Waals surface area contributed by atoms with Crippen LogP contribution in [-0.4, -0.2) is 12.8 Å². The first-order valence-corrected chi connectivity index (χ1v) is 12.5. The molecule has 20 heavy (non-hydrogen) atoms. The summed E-state index contributed by atoms with van der Waals surface area (Å²) < 4.78 is 6.08. The molecule has 4 heteroatoms. The summed E-state index contributed by atoms with van der Waals surface area (Å²) in [7, 11) is 0. The van der Waals surface area contributed by atoms with Crippen LogP contribution in [-0.2, 0) is 16.3 Å². The zero-order valence-corrected chi connectivity index (χ0v) is 16.5. The van der Waals surface area contributed by atoms with Crippen molar-refractivity contribution in [2.45, 2.75) is 79.1 Å². The van der Waals surface area contributed by atoms with E-state index in [2.05, 4.69) is 27.7 Å². The maximum absolute atomic E-state index is 6.08. The maximum Gasteiger partial charge on any atom is 0.117 e. The smallest absolute Gasteiger partial charge is 0.117 e. The predicted molar refractivity (Wildman–Crippen MR) is 101 cm³/mol. The van der Waals surface area contributed by atoms with Gasteiger partial charge in [0.2, 0.25) is 0 Å². The fourth-order valence-electron chi connectivity index (χ4n) is 2.42. The first kappa shape index (κ1) is 21.0. The lowest BCUT2D eigenvalue weighted by molar-refractivity contribution is 0.255. The number of thiol groups is 1. The van der Waals surface area contributed by atoms with Gasteiger partial charge in [-0.1, -0.05) is 78.0 Å². The Balaban J connectivity index is 4.17. The molecule has 0 N–H and O–H groups in total. The van der Waals surface area contributed by atoms with Gasteiger partial charge in [-0.3, -0.25) is 0 Å². The van der Waals surface area contributed by atoms with Crippen molar-refractivity contribution in [2.75, 3.05) is 12.8 Å². The van der Waals surface area contributed by atoms with Crippen LogP contribution in [0.4, 0.5) is 0 Å². The van der Waals surface area contributed by atoms with Crippen molar-refractivity contribution in [3.63, 3.8) is 0 Å². The Labute approximate surface area is 137 Å². The molecule has 0 saturated carbocycles. The van der Waals surface area contributed by atoms with E-state index >= 15 is 0 Å². The van der Waals surface area contributed by atoms with Crippen LogP contribution >= 0.6 is 17.7 Å². The molecule has 0 fully saturated rings. The summed E-state index contributed by atoms with van der Waals surface area (Å²) in [6.07, 6.45) is 11.1. The van der Waals surface area contributed by atoms with Crippen LogP contribution in [0.3, 0.4) is 0 Å². The predicted octanol–water partition coefficient (Wildman–Crippen LogP) is 6.68. The monoisotopic (exact) mass is 338 g/mol. The first-order valence-electron chi connectivity index (χ1n) is 8.45. The van der Waals surface area contributed by atoms with Crippen LogP contribution < -0.4 is 0 Å². The van der Waals surface area contributed by atoms with Crippen LogP contribution in [0.1, 0.15) is 79.1 Å². The Morgan fingerprint density at radius 1 is 0.950 bits per heavy atom. The van der Waals surface area contributed by atoms with E-state index in [4.69, 9.17) is 28.6 Å². The van der Waals surface area contributed by atoms with Crippen LogP contribution in [0.2, 0.25) is 0 Å². The zero-order valence-electron chi connectivity index (χ0n) is 13.9.